The van der Waals surface area contributed by atoms with Gasteiger partial charge in [-0.15, -0.1) is 0 Å². The number of carbonyl (C=O) groups excluding carboxylic acids is 2. The quantitative estimate of drug-likeness (QED) is 0.420. The summed E-state index contributed by atoms with van der Waals surface area (Å²) in [4.78, 5) is 30.8. The molecule has 0 saturated carbocycles. The first-order valence-corrected chi connectivity index (χ1v) is 10.1. The van der Waals surface area contributed by atoms with Crippen molar-refractivity contribution < 1.29 is 9.59 Å². The van der Waals surface area contributed by atoms with Crippen LogP contribution in [0.1, 0.15) is 27.9 Å². The zero-order valence-electron chi connectivity index (χ0n) is 17.4. The summed E-state index contributed by atoms with van der Waals surface area (Å²) in [5.74, 6) is -0.473. The van der Waals surface area contributed by atoms with Gasteiger partial charge >= 0.3 is 0 Å². The van der Waals surface area contributed by atoms with Gasteiger partial charge in [0.15, 0.2) is 0 Å². The van der Waals surface area contributed by atoms with Crippen LogP contribution in [0.2, 0.25) is 0 Å². The Hall–Kier alpha value is -4.44. The summed E-state index contributed by atoms with van der Waals surface area (Å²) >= 11 is 0. The van der Waals surface area contributed by atoms with E-state index in [2.05, 4.69) is 16.4 Å². The average molecular weight is 425 g/mol. The van der Waals surface area contributed by atoms with E-state index in [0.717, 1.165) is 11.1 Å². The predicted molar refractivity (Wildman–Crippen MR) is 124 cm³/mol. The molecule has 7 heteroatoms. The summed E-state index contributed by atoms with van der Waals surface area (Å²) in [5, 5.41) is 11.7. The topological polar surface area (TPSA) is 112 Å². The molecule has 0 aliphatic heterocycles. The Morgan fingerprint density at radius 3 is 2.56 bits per heavy atom. The second-order valence-electron chi connectivity index (χ2n) is 7.03. The third kappa shape index (κ3) is 6.28. The third-order valence-electron chi connectivity index (χ3n) is 4.70. The smallest absolute Gasteiger partial charge is 0.255 e. The first kappa shape index (κ1) is 22.2. The maximum atomic E-state index is 12.7. The van der Waals surface area contributed by atoms with Crippen LogP contribution in [0, 0.1) is 11.3 Å². The van der Waals surface area contributed by atoms with Gasteiger partial charge in [-0.25, -0.2) is 0 Å². The van der Waals surface area contributed by atoms with Gasteiger partial charge < -0.3 is 16.0 Å². The first-order valence-electron chi connectivity index (χ1n) is 10.1. The van der Waals surface area contributed by atoms with E-state index in [1.807, 2.05) is 12.1 Å². The van der Waals surface area contributed by atoms with Crippen molar-refractivity contribution in [2.24, 2.45) is 0 Å². The molecule has 0 bridgehead atoms. The number of nitrogens with two attached hydrogens (primary N) is 1. The van der Waals surface area contributed by atoms with E-state index in [9.17, 15) is 9.59 Å². The van der Waals surface area contributed by atoms with Crippen LogP contribution in [0.4, 0.5) is 11.4 Å². The lowest BCUT2D eigenvalue weighted by molar-refractivity contribution is -0.126. The Bertz CT molecular complexity index is 1130. The summed E-state index contributed by atoms with van der Waals surface area (Å²) in [6, 6.07) is 19.7. The molecule has 0 saturated heterocycles. The van der Waals surface area contributed by atoms with Crippen LogP contribution in [0.5, 0.6) is 0 Å². The minimum absolute atomic E-state index is 0.203. The molecule has 0 spiro atoms. The summed E-state index contributed by atoms with van der Waals surface area (Å²) in [5.41, 5.74) is 9.05. The Kier molecular flexibility index (Phi) is 7.71. The van der Waals surface area contributed by atoms with E-state index >= 15 is 0 Å². The van der Waals surface area contributed by atoms with E-state index in [-0.39, 0.29) is 18.2 Å². The van der Waals surface area contributed by atoms with Crippen LogP contribution in [-0.2, 0) is 11.3 Å². The Labute approximate surface area is 186 Å². The zero-order chi connectivity index (χ0) is 22.8. The number of hydrogen-bond acceptors (Lipinski definition) is 5. The third-order valence-corrected chi connectivity index (χ3v) is 4.70. The highest BCUT2D eigenvalue weighted by atomic mass is 16.2. The number of carbonyl (C=O) groups is 2. The van der Waals surface area contributed by atoms with Crippen molar-refractivity contribution in [2.75, 3.05) is 17.6 Å². The van der Waals surface area contributed by atoms with E-state index in [1.54, 1.807) is 71.9 Å². The number of nitrogens with one attached hydrogen (secondary N) is 1. The molecular weight excluding hydrogens is 402 g/mol. The van der Waals surface area contributed by atoms with Crippen molar-refractivity contribution in [1.82, 2.24) is 9.88 Å². The molecule has 1 aromatic heterocycles. The Balaban J connectivity index is 1.64. The maximum absolute atomic E-state index is 12.7. The summed E-state index contributed by atoms with van der Waals surface area (Å²) < 4.78 is 0. The molecule has 2 aromatic carbocycles. The summed E-state index contributed by atoms with van der Waals surface area (Å²) in [6.07, 6.45) is 6.76. The number of nitrogens with zero attached hydrogens (tertiary/aromatic N) is 3. The maximum Gasteiger partial charge on any atom is 0.255 e. The normalized spacial score (nSPS) is 10.5. The van der Waals surface area contributed by atoms with Crippen molar-refractivity contribution >= 4 is 29.3 Å². The summed E-state index contributed by atoms with van der Waals surface area (Å²) in [6.45, 7) is 0.705. The average Bonchev–Trinajstić information content (AvgIpc) is 2.82. The number of pyridine rings is 1. The number of nitrogen functional groups attached to an aromatic ring is 1. The fourth-order valence-corrected chi connectivity index (χ4v) is 2.99. The van der Waals surface area contributed by atoms with E-state index < -0.39 is 0 Å². The van der Waals surface area contributed by atoms with Crippen molar-refractivity contribution in [1.29, 1.82) is 5.26 Å². The predicted octanol–water partition coefficient (Wildman–Crippen LogP) is 3.87. The van der Waals surface area contributed by atoms with Crippen LogP contribution < -0.4 is 11.1 Å². The van der Waals surface area contributed by atoms with Gasteiger partial charge in [-0.3, -0.25) is 14.6 Å². The van der Waals surface area contributed by atoms with Gasteiger partial charge in [-0.2, -0.15) is 5.26 Å². The van der Waals surface area contributed by atoms with Gasteiger partial charge in [0.25, 0.3) is 5.91 Å². The van der Waals surface area contributed by atoms with E-state index in [4.69, 9.17) is 11.0 Å². The lowest BCUT2D eigenvalue weighted by Crippen LogP contribution is -2.29. The molecule has 0 radical (unpaired) electrons. The molecule has 1 heterocycles. The highest BCUT2D eigenvalue weighted by Crippen LogP contribution is 2.18. The molecule has 0 unspecified atom stereocenters. The summed E-state index contributed by atoms with van der Waals surface area (Å²) in [7, 11) is 0. The number of rotatable bonds is 8. The molecule has 7 nitrogen and oxygen atoms in total. The minimum Gasteiger partial charge on any atom is -0.397 e. The number of amides is 2. The highest BCUT2D eigenvalue weighted by molar-refractivity contribution is 6.05. The molecule has 3 N–H and O–H groups in total. The second-order valence-corrected chi connectivity index (χ2v) is 7.03. The highest BCUT2D eigenvalue weighted by Gasteiger charge is 2.12. The number of para-hydroxylation sites is 2. The minimum atomic E-state index is -0.270. The zero-order valence-corrected chi connectivity index (χ0v) is 17.4. The molecule has 0 fully saturated rings. The standard InChI is InChI=1S/C25H23N5O2/c26-14-4-16-30(18-20-5-3-15-28-17-20)24(31)13-10-19-8-11-21(12-9-19)25(32)29-23-7-2-1-6-22(23)27/h1-3,5-13,15,17H,4,16,18,27H2,(H,29,32). The van der Waals surface area contributed by atoms with Gasteiger partial charge in [-0.05, 0) is 47.5 Å². The van der Waals surface area contributed by atoms with Crippen molar-refractivity contribution in [3.63, 3.8) is 0 Å². The first-order chi connectivity index (χ1) is 15.6. The largest absolute Gasteiger partial charge is 0.397 e. The van der Waals surface area contributed by atoms with Gasteiger partial charge in [0.2, 0.25) is 5.91 Å². The SMILES string of the molecule is N#CCCN(Cc1cccnc1)C(=O)C=Cc1ccc(C(=O)Nc2ccccc2N)cc1. The number of aromatic nitrogens is 1. The van der Waals surface area contributed by atoms with Crippen molar-refractivity contribution in [3.05, 3.63) is 95.8 Å². The Morgan fingerprint density at radius 1 is 1.09 bits per heavy atom. The fraction of sp³-hybridized carbons (Fsp3) is 0.120. The van der Waals surface area contributed by atoms with Crippen LogP contribution in [-0.4, -0.2) is 28.2 Å². The fourth-order valence-electron chi connectivity index (χ4n) is 2.99. The van der Waals surface area contributed by atoms with Gasteiger partial charge in [0, 0.05) is 37.1 Å². The molecule has 0 aliphatic carbocycles. The monoisotopic (exact) mass is 425 g/mol. The van der Waals surface area contributed by atoms with Gasteiger partial charge in [0.1, 0.15) is 0 Å². The molecule has 3 rings (SSSR count). The van der Waals surface area contributed by atoms with E-state index in [0.29, 0.717) is 30.0 Å². The van der Waals surface area contributed by atoms with Crippen LogP contribution in [0.25, 0.3) is 6.08 Å². The van der Waals surface area contributed by atoms with Crippen LogP contribution in [0.15, 0.2) is 79.1 Å². The van der Waals surface area contributed by atoms with Crippen molar-refractivity contribution in [2.45, 2.75) is 13.0 Å². The Morgan fingerprint density at radius 2 is 1.88 bits per heavy atom. The molecule has 2 amide bonds. The lowest BCUT2D eigenvalue weighted by atomic mass is 10.1. The molecule has 3 aromatic rings. The molecule has 0 aliphatic rings. The van der Waals surface area contributed by atoms with Gasteiger partial charge in [0.05, 0.1) is 23.9 Å². The van der Waals surface area contributed by atoms with E-state index in [1.165, 1.54) is 6.08 Å². The van der Waals surface area contributed by atoms with Crippen LogP contribution >= 0.6 is 0 Å². The lowest BCUT2D eigenvalue weighted by Gasteiger charge is -2.19. The second kappa shape index (κ2) is 11.1. The number of nitriles is 1. The van der Waals surface area contributed by atoms with Crippen LogP contribution in [0.3, 0.4) is 0 Å². The molecule has 160 valence electrons. The number of hydrogen-bond donors (Lipinski definition) is 2. The van der Waals surface area contributed by atoms with Crippen molar-refractivity contribution in [3.8, 4) is 6.07 Å². The number of benzene rings is 2. The van der Waals surface area contributed by atoms with Gasteiger partial charge in [-0.1, -0.05) is 30.3 Å². The molecule has 32 heavy (non-hydrogen) atoms. The molecular formula is C25H23N5O2. The number of anilines is 2. The molecule has 0 atom stereocenters.